The van der Waals surface area contributed by atoms with Crippen LogP contribution in [0.4, 0.5) is 10.2 Å². The second kappa shape index (κ2) is 5.62. The molecule has 0 radical (unpaired) electrons. The molecule has 0 amide bonds. The number of benzene rings is 1. The summed E-state index contributed by atoms with van der Waals surface area (Å²) in [5.74, 6) is 0.650. The molecule has 118 valence electrons. The topological polar surface area (TPSA) is 59.5 Å². The van der Waals surface area contributed by atoms with Crippen molar-refractivity contribution in [2.45, 2.75) is 18.9 Å². The summed E-state index contributed by atoms with van der Waals surface area (Å²) in [6.45, 7) is 1.79. The lowest BCUT2D eigenvalue weighted by molar-refractivity contribution is 0.499. The number of piperidine rings is 1. The van der Waals surface area contributed by atoms with Crippen molar-refractivity contribution in [2.75, 3.05) is 18.0 Å². The van der Waals surface area contributed by atoms with Crippen LogP contribution in [0, 0.1) is 5.82 Å². The number of anilines is 1. The molecule has 0 unspecified atom stereocenters. The SMILES string of the molecule is NC1CCN(c2nccn3nc(-c4cccc(F)c4)cc23)CC1. The Morgan fingerprint density at radius 3 is 2.78 bits per heavy atom. The van der Waals surface area contributed by atoms with Gasteiger partial charge in [0.15, 0.2) is 5.82 Å². The van der Waals surface area contributed by atoms with Gasteiger partial charge in [0, 0.05) is 37.1 Å². The Kier molecular flexibility index (Phi) is 3.46. The second-order valence-corrected chi connectivity index (χ2v) is 5.95. The summed E-state index contributed by atoms with van der Waals surface area (Å²) in [6.07, 6.45) is 5.50. The zero-order valence-electron chi connectivity index (χ0n) is 12.7. The molecule has 1 aliphatic heterocycles. The molecular formula is C17H18FN5. The van der Waals surface area contributed by atoms with Gasteiger partial charge in [-0.15, -0.1) is 0 Å². The van der Waals surface area contributed by atoms with Gasteiger partial charge in [0.1, 0.15) is 11.3 Å². The first-order valence-corrected chi connectivity index (χ1v) is 7.81. The highest BCUT2D eigenvalue weighted by Gasteiger charge is 2.20. The lowest BCUT2D eigenvalue weighted by atomic mass is 10.1. The van der Waals surface area contributed by atoms with Gasteiger partial charge in [-0.1, -0.05) is 12.1 Å². The highest BCUT2D eigenvalue weighted by Crippen LogP contribution is 2.26. The third-order valence-electron chi connectivity index (χ3n) is 4.33. The van der Waals surface area contributed by atoms with Crippen LogP contribution in [0.3, 0.4) is 0 Å². The van der Waals surface area contributed by atoms with E-state index in [1.807, 2.05) is 18.3 Å². The van der Waals surface area contributed by atoms with Gasteiger partial charge >= 0.3 is 0 Å². The lowest BCUT2D eigenvalue weighted by Gasteiger charge is -2.31. The molecule has 4 rings (SSSR count). The zero-order chi connectivity index (χ0) is 15.8. The van der Waals surface area contributed by atoms with Crippen molar-refractivity contribution in [3.8, 4) is 11.3 Å². The van der Waals surface area contributed by atoms with Crippen LogP contribution in [0.25, 0.3) is 16.8 Å². The molecule has 0 atom stereocenters. The maximum Gasteiger partial charge on any atom is 0.154 e. The molecule has 0 bridgehead atoms. The Morgan fingerprint density at radius 1 is 1.17 bits per heavy atom. The van der Waals surface area contributed by atoms with Gasteiger partial charge in [-0.2, -0.15) is 5.10 Å². The van der Waals surface area contributed by atoms with Gasteiger partial charge in [-0.3, -0.25) is 0 Å². The van der Waals surface area contributed by atoms with Gasteiger partial charge < -0.3 is 10.6 Å². The number of hydrogen-bond acceptors (Lipinski definition) is 4. The van der Waals surface area contributed by atoms with E-state index in [9.17, 15) is 4.39 Å². The highest BCUT2D eigenvalue weighted by atomic mass is 19.1. The van der Waals surface area contributed by atoms with Crippen molar-refractivity contribution >= 4 is 11.3 Å². The molecule has 1 aromatic carbocycles. The van der Waals surface area contributed by atoms with Crippen LogP contribution in [0.5, 0.6) is 0 Å². The summed E-state index contributed by atoms with van der Waals surface area (Å²) in [4.78, 5) is 6.78. The molecule has 2 N–H and O–H groups in total. The first kappa shape index (κ1) is 14.1. The quantitative estimate of drug-likeness (QED) is 0.790. The standard InChI is InChI=1S/C17H18FN5/c18-13-3-1-2-12(10-13)15-11-16-17(20-6-9-23(16)21-15)22-7-4-14(19)5-8-22/h1-3,6,9-11,14H,4-5,7-8,19H2. The first-order chi connectivity index (χ1) is 11.2. The van der Waals surface area contributed by atoms with Crippen molar-refractivity contribution in [2.24, 2.45) is 5.73 Å². The fourth-order valence-corrected chi connectivity index (χ4v) is 3.05. The molecule has 1 aliphatic rings. The fourth-order valence-electron chi connectivity index (χ4n) is 3.05. The van der Waals surface area contributed by atoms with Crippen LogP contribution in [-0.2, 0) is 0 Å². The number of aromatic nitrogens is 3. The third kappa shape index (κ3) is 2.66. The van der Waals surface area contributed by atoms with E-state index in [0.29, 0.717) is 0 Å². The van der Waals surface area contributed by atoms with E-state index < -0.39 is 0 Å². The highest BCUT2D eigenvalue weighted by molar-refractivity contribution is 5.75. The minimum absolute atomic E-state index is 0.261. The summed E-state index contributed by atoms with van der Waals surface area (Å²) < 4.78 is 15.3. The molecule has 3 heterocycles. The maximum atomic E-state index is 13.4. The molecule has 5 nitrogen and oxygen atoms in total. The summed E-state index contributed by atoms with van der Waals surface area (Å²) in [7, 11) is 0. The van der Waals surface area contributed by atoms with Gasteiger partial charge in [-0.25, -0.2) is 13.9 Å². The molecule has 3 aromatic rings. The monoisotopic (exact) mass is 311 g/mol. The van der Waals surface area contributed by atoms with Crippen LogP contribution < -0.4 is 10.6 Å². The minimum Gasteiger partial charge on any atom is -0.355 e. The van der Waals surface area contributed by atoms with Crippen LogP contribution in [0.2, 0.25) is 0 Å². The molecular weight excluding hydrogens is 293 g/mol. The third-order valence-corrected chi connectivity index (χ3v) is 4.33. The average molecular weight is 311 g/mol. The summed E-state index contributed by atoms with van der Waals surface area (Å²) in [6, 6.07) is 8.72. The van der Waals surface area contributed by atoms with Crippen LogP contribution in [0.1, 0.15) is 12.8 Å². The van der Waals surface area contributed by atoms with E-state index >= 15 is 0 Å². The normalized spacial score (nSPS) is 16.2. The number of halogens is 1. The molecule has 0 spiro atoms. The Labute approximate surface area is 133 Å². The van der Waals surface area contributed by atoms with Gasteiger partial charge in [0.2, 0.25) is 0 Å². The summed E-state index contributed by atoms with van der Waals surface area (Å²) >= 11 is 0. The second-order valence-electron chi connectivity index (χ2n) is 5.95. The van der Waals surface area contributed by atoms with E-state index in [-0.39, 0.29) is 11.9 Å². The number of nitrogens with zero attached hydrogens (tertiary/aromatic N) is 4. The van der Waals surface area contributed by atoms with Crippen LogP contribution >= 0.6 is 0 Å². The van der Waals surface area contributed by atoms with Crippen molar-refractivity contribution < 1.29 is 4.39 Å². The largest absolute Gasteiger partial charge is 0.355 e. The van der Waals surface area contributed by atoms with Crippen molar-refractivity contribution in [3.63, 3.8) is 0 Å². The van der Waals surface area contributed by atoms with Gasteiger partial charge in [0.05, 0.1) is 5.69 Å². The summed E-state index contributed by atoms with van der Waals surface area (Å²) in [5, 5.41) is 4.55. The smallest absolute Gasteiger partial charge is 0.154 e. The first-order valence-electron chi connectivity index (χ1n) is 7.81. The number of fused-ring (bicyclic) bond motifs is 1. The zero-order valence-corrected chi connectivity index (χ0v) is 12.7. The molecule has 6 heteroatoms. The van der Waals surface area contributed by atoms with E-state index in [1.54, 1.807) is 16.8 Å². The van der Waals surface area contributed by atoms with Crippen LogP contribution in [-0.4, -0.2) is 33.7 Å². The Balaban J connectivity index is 1.76. The fraction of sp³-hybridized carbons (Fsp3) is 0.294. The van der Waals surface area contributed by atoms with Crippen molar-refractivity contribution in [1.82, 2.24) is 14.6 Å². The predicted octanol–water partition coefficient (Wildman–Crippen LogP) is 2.46. The Hall–Kier alpha value is -2.47. The molecule has 1 fully saturated rings. The molecule has 2 aromatic heterocycles. The lowest BCUT2D eigenvalue weighted by Crippen LogP contribution is -2.40. The van der Waals surface area contributed by atoms with Gasteiger partial charge in [-0.05, 0) is 31.0 Å². The Morgan fingerprint density at radius 2 is 2.00 bits per heavy atom. The predicted molar refractivity (Wildman–Crippen MR) is 87.8 cm³/mol. The van der Waals surface area contributed by atoms with Crippen LogP contribution in [0.15, 0.2) is 42.7 Å². The molecule has 0 saturated carbocycles. The van der Waals surface area contributed by atoms with E-state index in [4.69, 9.17) is 5.73 Å². The number of rotatable bonds is 2. The van der Waals surface area contributed by atoms with E-state index in [1.165, 1.54) is 12.1 Å². The summed E-state index contributed by atoms with van der Waals surface area (Å²) in [5.41, 5.74) is 8.42. The number of nitrogens with two attached hydrogens (primary N) is 1. The van der Waals surface area contributed by atoms with Crippen molar-refractivity contribution in [1.29, 1.82) is 0 Å². The number of hydrogen-bond donors (Lipinski definition) is 1. The molecule has 0 aliphatic carbocycles. The average Bonchev–Trinajstić information content (AvgIpc) is 3.00. The molecule has 1 saturated heterocycles. The van der Waals surface area contributed by atoms with Gasteiger partial charge in [0.25, 0.3) is 0 Å². The van der Waals surface area contributed by atoms with E-state index in [2.05, 4.69) is 15.0 Å². The Bertz CT molecular complexity index is 836. The van der Waals surface area contributed by atoms with E-state index in [0.717, 1.165) is 48.5 Å². The minimum atomic E-state index is -0.261. The maximum absolute atomic E-state index is 13.4. The van der Waals surface area contributed by atoms with Crippen molar-refractivity contribution in [3.05, 3.63) is 48.5 Å². The molecule has 23 heavy (non-hydrogen) atoms.